The molecule has 0 bridgehead atoms. The average Bonchev–Trinajstić information content (AvgIpc) is 2.62. The smallest absolute Gasteiger partial charge is 0.153 e. The van der Waals surface area contributed by atoms with Crippen LogP contribution < -0.4 is 5.32 Å². The highest BCUT2D eigenvalue weighted by Gasteiger charge is 2.30. The highest BCUT2D eigenvalue weighted by Crippen LogP contribution is 2.26. The van der Waals surface area contributed by atoms with Gasteiger partial charge in [-0.05, 0) is 30.0 Å². The molecular weight excluding hydrogens is 286 g/mol. The lowest BCUT2D eigenvalue weighted by molar-refractivity contribution is -0.0394. The van der Waals surface area contributed by atoms with Gasteiger partial charge in [0.25, 0.3) is 0 Å². The van der Waals surface area contributed by atoms with Gasteiger partial charge in [0.15, 0.2) is 4.60 Å². The number of nitrogens with zero attached hydrogens (tertiary/aromatic N) is 4. The van der Waals surface area contributed by atoms with Crippen LogP contribution in [0.4, 0.5) is 0 Å². The number of likely N-dealkylation sites (N-methyl/N-ethyl adjacent to an activating group) is 2. The molecule has 0 saturated carbocycles. The highest BCUT2D eigenvalue weighted by molar-refractivity contribution is 9.10. The van der Waals surface area contributed by atoms with Crippen molar-refractivity contribution in [2.75, 3.05) is 33.8 Å². The number of ether oxygens (including phenoxy) is 1. The molecule has 1 aromatic rings. The summed E-state index contributed by atoms with van der Waals surface area (Å²) in [6, 6.07) is 0.0899. The van der Waals surface area contributed by atoms with Gasteiger partial charge in [0, 0.05) is 20.1 Å². The van der Waals surface area contributed by atoms with Crippen LogP contribution >= 0.6 is 15.9 Å². The van der Waals surface area contributed by atoms with Gasteiger partial charge in [-0.1, -0.05) is 5.21 Å². The molecule has 7 heteroatoms. The first-order valence-corrected chi connectivity index (χ1v) is 6.45. The molecule has 17 heavy (non-hydrogen) atoms. The second-order valence-corrected chi connectivity index (χ2v) is 5.08. The molecule has 0 radical (unpaired) electrons. The number of aryl methyl sites for hydroxylation is 1. The molecule has 1 aliphatic rings. The lowest BCUT2D eigenvalue weighted by Crippen LogP contribution is -2.46. The normalized spacial score (nSPS) is 23.9. The summed E-state index contributed by atoms with van der Waals surface area (Å²) in [6.45, 7) is 2.66. The predicted molar refractivity (Wildman–Crippen MR) is 67.7 cm³/mol. The molecule has 0 spiro atoms. The monoisotopic (exact) mass is 303 g/mol. The van der Waals surface area contributed by atoms with Crippen LogP contribution in [0.1, 0.15) is 11.7 Å². The number of rotatable bonds is 3. The lowest BCUT2D eigenvalue weighted by atomic mass is 10.1. The van der Waals surface area contributed by atoms with E-state index < -0.39 is 0 Å². The Morgan fingerprint density at radius 2 is 2.29 bits per heavy atom. The van der Waals surface area contributed by atoms with Crippen molar-refractivity contribution in [3.8, 4) is 0 Å². The number of morpholine rings is 1. The van der Waals surface area contributed by atoms with E-state index in [1.54, 1.807) is 4.68 Å². The van der Waals surface area contributed by atoms with Crippen LogP contribution in [-0.2, 0) is 11.8 Å². The van der Waals surface area contributed by atoms with Crippen molar-refractivity contribution >= 4 is 15.9 Å². The summed E-state index contributed by atoms with van der Waals surface area (Å²) < 4.78 is 8.40. The molecule has 0 aromatic carbocycles. The molecule has 1 fully saturated rings. The maximum Gasteiger partial charge on any atom is 0.153 e. The molecule has 1 aliphatic heterocycles. The zero-order valence-electron chi connectivity index (χ0n) is 10.4. The number of nitrogens with one attached hydrogen (secondary N) is 1. The summed E-state index contributed by atoms with van der Waals surface area (Å²) in [7, 11) is 5.94. The largest absolute Gasteiger partial charge is 0.374 e. The standard InChI is InChI=1S/C10H18BrN5O/c1-12-8(7-6-15(2)4-5-17-7)9-10(11)13-14-16(9)3/h7-8,12H,4-6H2,1-3H3. The summed E-state index contributed by atoms with van der Waals surface area (Å²) >= 11 is 3.44. The van der Waals surface area contributed by atoms with Crippen LogP contribution in [-0.4, -0.2) is 59.8 Å². The molecule has 1 aromatic heterocycles. The van der Waals surface area contributed by atoms with E-state index in [9.17, 15) is 0 Å². The van der Waals surface area contributed by atoms with E-state index in [4.69, 9.17) is 4.74 Å². The third kappa shape index (κ3) is 2.67. The van der Waals surface area contributed by atoms with Crippen LogP contribution in [0.15, 0.2) is 4.60 Å². The first-order valence-electron chi connectivity index (χ1n) is 5.66. The third-order valence-corrected chi connectivity index (χ3v) is 3.67. The molecule has 1 N–H and O–H groups in total. The number of hydrogen-bond acceptors (Lipinski definition) is 5. The van der Waals surface area contributed by atoms with E-state index in [0.717, 1.165) is 30.0 Å². The molecule has 2 rings (SSSR count). The van der Waals surface area contributed by atoms with Gasteiger partial charge in [0.1, 0.15) is 0 Å². The number of aromatic nitrogens is 3. The topological polar surface area (TPSA) is 55.2 Å². The van der Waals surface area contributed by atoms with Gasteiger partial charge < -0.3 is 15.0 Å². The van der Waals surface area contributed by atoms with E-state index in [0.29, 0.717) is 0 Å². The SMILES string of the molecule is CNC(c1c(Br)nnn1C)C1CN(C)CCO1. The Bertz CT molecular complexity index is 363. The van der Waals surface area contributed by atoms with Gasteiger partial charge in [-0.15, -0.1) is 5.10 Å². The summed E-state index contributed by atoms with van der Waals surface area (Å²) in [5.74, 6) is 0. The minimum absolute atomic E-state index is 0.0899. The van der Waals surface area contributed by atoms with Gasteiger partial charge in [0.2, 0.25) is 0 Å². The summed E-state index contributed by atoms with van der Waals surface area (Å²) in [5, 5.41) is 11.3. The fourth-order valence-corrected chi connectivity index (χ4v) is 2.75. The highest BCUT2D eigenvalue weighted by atomic mass is 79.9. The molecule has 96 valence electrons. The minimum atomic E-state index is 0.0899. The fraction of sp³-hybridized carbons (Fsp3) is 0.800. The predicted octanol–water partition coefficient (Wildman–Crippen LogP) is 0.169. The van der Waals surface area contributed by atoms with Crippen molar-refractivity contribution in [1.82, 2.24) is 25.2 Å². The van der Waals surface area contributed by atoms with Crippen LogP contribution in [0.2, 0.25) is 0 Å². The molecular formula is C10H18BrN5O. The maximum absolute atomic E-state index is 5.84. The molecule has 1 saturated heterocycles. The van der Waals surface area contributed by atoms with Crippen molar-refractivity contribution in [2.24, 2.45) is 7.05 Å². The Hall–Kier alpha value is -0.500. The molecule has 2 heterocycles. The Balaban J connectivity index is 2.21. The Kier molecular flexibility index (Phi) is 4.13. The Morgan fingerprint density at radius 3 is 2.82 bits per heavy atom. The Labute approximate surface area is 109 Å². The van der Waals surface area contributed by atoms with Crippen molar-refractivity contribution < 1.29 is 4.74 Å². The molecule has 2 unspecified atom stereocenters. The fourth-order valence-electron chi connectivity index (χ4n) is 2.18. The first kappa shape index (κ1) is 12.9. The number of halogens is 1. The molecule has 2 atom stereocenters. The van der Waals surface area contributed by atoms with Gasteiger partial charge in [-0.2, -0.15) is 0 Å². The maximum atomic E-state index is 5.84. The Morgan fingerprint density at radius 1 is 1.53 bits per heavy atom. The third-order valence-electron chi connectivity index (χ3n) is 3.10. The first-order chi connectivity index (χ1) is 8.13. The summed E-state index contributed by atoms with van der Waals surface area (Å²) in [4.78, 5) is 2.27. The zero-order chi connectivity index (χ0) is 12.4. The van der Waals surface area contributed by atoms with E-state index >= 15 is 0 Å². The zero-order valence-corrected chi connectivity index (χ0v) is 11.9. The van der Waals surface area contributed by atoms with Crippen LogP contribution in [0.5, 0.6) is 0 Å². The average molecular weight is 304 g/mol. The van der Waals surface area contributed by atoms with E-state index in [2.05, 4.69) is 43.5 Å². The van der Waals surface area contributed by atoms with E-state index in [-0.39, 0.29) is 12.1 Å². The quantitative estimate of drug-likeness (QED) is 0.863. The summed E-state index contributed by atoms with van der Waals surface area (Å²) in [5.41, 5.74) is 1.02. The minimum Gasteiger partial charge on any atom is -0.374 e. The number of hydrogen-bond donors (Lipinski definition) is 1. The van der Waals surface area contributed by atoms with Crippen LogP contribution in [0.3, 0.4) is 0 Å². The lowest BCUT2D eigenvalue weighted by Gasteiger charge is -2.34. The molecule has 6 nitrogen and oxygen atoms in total. The van der Waals surface area contributed by atoms with E-state index in [1.807, 2.05) is 14.1 Å². The van der Waals surface area contributed by atoms with Crippen molar-refractivity contribution in [2.45, 2.75) is 12.1 Å². The summed E-state index contributed by atoms with van der Waals surface area (Å²) in [6.07, 6.45) is 0.118. The molecule has 0 aliphatic carbocycles. The van der Waals surface area contributed by atoms with Gasteiger partial charge in [-0.3, -0.25) is 0 Å². The second kappa shape index (κ2) is 5.43. The van der Waals surface area contributed by atoms with Gasteiger partial charge in [-0.25, -0.2) is 4.68 Å². The van der Waals surface area contributed by atoms with Crippen molar-refractivity contribution in [3.05, 3.63) is 10.3 Å². The van der Waals surface area contributed by atoms with Gasteiger partial charge >= 0.3 is 0 Å². The van der Waals surface area contributed by atoms with E-state index in [1.165, 1.54) is 0 Å². The van der Waals surface area contributed by atoms with Gasteiger partial charge in [0.05, 0.1) is 24.4 Å². The van der Waals surface area contributed by atoms with Crippen LogP contribution in [0.25, 0.3) is 0 Å². The molecule has 0 amide bonds. The second-order valence-electron chi connectivity index (χ2n) is 4.33. The van der Waals surface area contributed by atoms with Crippen LogP contribution in [0, 0.1) is 0 Å². The van der Waals surface area contributed by atoms with Crippen molar-refractivity contribution in [3.63, 3.8) is 0 Å². The van der Waals surface area contributed by atoms with Crippen molar-refractivity contribution in [1.29, 1.82) is 0 Å².